The normalized spacial score (nSPS) is 19.1. The molecule has 0 aromatic heterocycles. The Balaban J connectivity index is 1.76. The van der Waals surface area contributed by atoms with E-state index in [4.69, 9.17) is 17.3 Å². The van der Waals surface area contributed by atoms with Crippen molar-refractivity contribution in [3.8, 4) is 0 Å². The highest BCUT2D eigenvalue weighted by Gasteiger charge is 2.21. The fourth-order valence-corrected chi connectivity index (χ4v) is 3.20. The zero-order valence-electron chi connectivity index (χ0n) is 13.3. The Morgan fingerprint density at radius 3 is 2.48 bits per heavy atom. The Kier molecular flexibility index (Phi) is 6.49. The SMILES string of the molecule is CCN1CCC(N(C)CCC(N)c2ccc(Cl)cc2)CC1. The van der Waals surface area contributed by atoms with E-state index in [1.807, 2.05) is 24.3 Å². The summed E-state index contributed by atoms with van der Waals surface area (Å²) in [4.78, 5) is 5.02. The Labute approximate surface area is 134 Å². The molecule has 1 saturated heterocycles. The van der Waals surface area contributed by atoms with Gasteiger partial charge in [-0.15, -0.1) is 0 Å². The summed E-state index contributed by atoms with van der Waals surface area (Å²) in [7, 11) is 2.24. The second-order valence-corrected chi connectivity index (χ2v) is 6.53. The van der Waals surface area contributed by atoms with Crippen LogP contribution in [0.5, 0.6) is 0 Å². The number of benzene rings is 1. The average molecular weight is 310 g/mol. The fraction of sp³-hybridized carbons (Fsp3) is 0.647. The summed E-state index contributed by atoms with van der Waals surface area (Å²) in [5.41, 5.74) is 7.46. The Hall–Kier alpha value is -0.610. The first kappa shape index (κ1) is 16.8. The molecular weight excluding hydrogens is 282 g/mol. The molecule has 1 aliphatic rings. The maximum Gasteiger partial charge on any atom is 0.0406 e. The van der Waals surface area contributed by atoms with Crippen molar-refractivity contribution >= 4 is 11.6 Å². The minimum Gasteiger partial charge on any atom is -0.324 e. The largest absolute Gasteiger partial charge is 0.324 e. The molecule has 118 valence electrons. The molecule has 1 aliphatic heterocycles. The van der Waals surface area contributed by atoms with Crippen LogP contribution in [0.1, 0.15) is 37.8 Å². The van der Waals surface area contributed by atoms with Gasteiger partial charge in [0.25, 0.3) is 0 Å². The monoisotopic (exact) mass is 309 g/mol. The van der Waals surface area contributed by atoms with Crippen molar-refractivity contribution in [2.45, 2.75) is 38.3 Å². The van der Waals surface area contributed by atoms with Gasteiger partial charge in [0.1, 0.15) is 0 Å². The number of hydrogen-bond acceptors (Lipinski definition) is 3. The van der Waals surface area contributed by atoms with Gasteiger partial charge in [-0.25, -0.2) is 0 Å². The van der Waals surface area contributed by atoms with Gasteiger partial charge in [-0.3, -0.25) is 0 Å². The topological polar surface area (TPSA) is 32.5 Å². The van der Waals surface area contributed by atoms with E-state index < -0.39 is 0 Å². The van der Waals surface area contributed by atoms with Crippen molar-refractivity contribution in [3.05, 3.63) is 34.9 Å². The van der Waals surface area contributed by atoms with Crippen molar-refractivity contribution in [3.63, 3.8) is 0 Å². The lowest BCUT2D eigenvalue weighted by Crippen LogP contribution is -2.43. The summed E-state index contributed by atoms with van der Waals surface area (Å²) in [6, 6.07) is 8.71. The number of piperidine rings is 1. The second-order valence-electron chi connectivity index (χ2n) is 6.09. The number of nitrogens with two attached hydrogens (primary N) is 1. The molecule has 1 heterocycles. The van der Waals surface area contributed by atoms with E-state index in [2.05, 4.69) is 23.8 Å². The smallest absolute Gasteiger partial charge is 0.0406 e. The Bertz CT molecular complexity index is 413. The molecule has 2 N–H and O–H groups in total. The highest BCUT2D eigenvalue weighted by Crippen LogP contribution is 2.20. The summed E-state index contributed by atoms with van der Waals surface area (Å²) in [5, 5.41) is 0.769. The third kappa shape index (κ3) is 4.96. The minimum atomic E-state index is 0.0976. The molecule has 0 saturated carbocycles. The summed E-state index contributed by atoms with van der Waals surface area (Å²) < 4.78 is 0. The van der Waals surface area contributed by atoms with Crippen LogP contribution in [0.15, 0.2) is 24.3 Å². The number of nitrogens with zero attached hydrogens (tertiary/aromatic N) is 2. The molecule has 1 aromatic rings. The number of rotatable bonds is 6. The van der Waals surface area contributed by atoms with E-state index >= 15 is 0 Å². The van der Waals surface area contributed by atoms with Crippen LogP contribution in [0.2, 0.25) is 5.02 Å². The zero-order valence-corrected chi connectivity index (χ0v) is 14.0. The second kappa shape index (κ2) is 8.14. The molecule has 1 unspecified atom stereocenters. The Morgan fingerprint density at radius 2 is 1.90 bits per heavy atom. The van der Waals surface area contributed by atoms with Gasteiger partial charge in [0, 0.05) is 17.1 Å². The lowest BCUT2D eigenvalue weighted by Gasteiger charge is -2.36. The van der Waals surface area contributed by atoms with Crippen molar-refractivity contribution in [1.82, 2.24) is 9.80 Å². The first-order valence-electron chi connectivity index (χ1n) is 8.03. The van der Waals surface area contributed by atoms with Crippen LogP contribution in [0, 0.1) is 0 Å². The molecule has 1 atom stereocenters. The molecule has 0 spiro atoms. The van der Waals surface area contributed by atoms with Crippen LogP contribution in [-0.2, 0) is 0 Å². The van der Waals surface area contributed by atoms with E-state index in [-0.39, 0.29) is 6.04 Å². The lowest BCUT2D eigenvalue weighted by molar-refractivity contribution is 0.129. The quantitative estimate of drug-likeness (QED) is 0.876. The van der Waals surface area contributed by atoms with Gasteiger partial charge < -0.3 is 15.5 Å². The van der Waals surface area contributed by atoms with Crippen LogP contribution >= 0.6 is 11.6 Å². The summed E-state index contributed by atoms with van der Waals surface area (Å²) >= 11 is 5.92. The summed E-state index contributed by atoms with van der Waals surface area (Å²) in [5.74, 6) is 0. The lowest BCUT2D eigenvalue weighted by atomic mass is 10.0. The van der Waals surface area contributed by atoms with Crippen molar-refractivity contribution in [1.29, 1.82) is 0 Å². The molecule has 2 rings (SSSR count). The van der Waals surface area contributed by atoms with E-state index in [1.165, 1.54) is 38.0 Å². The highest BCUT2D eigenvalue weighted by atomic mass is 35.5. The van der Waals surface area contributed by atoms with Crippen LogP contribution in [0.4, 0.5) is 0 Å². The predicted octanol–water partition coefficient (Wildman–Crippen LogP) is 3.15. The van der Waals surface area contributed by atoms with Crippen LogP contribution in [-0.4, -0.2) is 49.1 Å². The van der Waals surface area contributed by atoms with Gasteiger partial charge in [0.05, 0.1) is 0 Å². The summed E-state index contributed by atoms with van der Waals surface area (Å²) in [6.07, 6.45) is 3.55. The van der Waals surface area contributed by atoms with Crippen LogP contribution in [0.3, 0.4) is 0 Å². The molecule has 0 radical (unpaired) electrons. The van der Waals surface area contributed by atoms with E-state index in [1.54, 1.807) is 0 Å². The molecule has 0 aliphatic carbocycles. The standard InChI is InChI=1S/C17H28ClN3/c1-3-21-12-8-16(9-13-21)20(2)11-10-17(19)14-4-6-15(18)7-5-14/h4-7,16-17H,3,8-13,19H2,1-2H3. The summed E-state index contributed by atoms with van der Waals surface area (Å²) in [6.45, 7) is 6.94. The third-order valence-corrected chi connectivity index (χ3v) is 4.97. The van der Waals surface area contributed by atoms with Crippen molar-refractivity contribution in [2.24, 2.45) is 5.73 Å². The molecule has 4 heteroatoms. The number of hydrogen-bond donors (Lipinski definition) is 1. The molecule has 3 nitrogen and oxygen atoms in total. The minimum absolute atomic E-state index is 0.0976. The zero-order chi connectivity index (χ0) is 15.2. The first-order valence-corrected chi connectivity index (χ1v) is 8.41. The van der Waals surface area contributed by atoms with E-state index in [0.29, 0.717) is 6.04 Å². The number of likely N-dealkylation sites (tertiary alicyclic amines) is 1. The van der Waals surface area contributed by atoms with Crippen LogP contribution < -0.4 is 5.73 Å². The van der Waals surface area contributed by atoms with Gasteiger partial charge in [-0.2, -0.15) is 0 Å². The number of halogens is 1. The van der Waals surface area contributed by atoms with Gasteiger partial charge in [0.2, 0.25) is 0 Å². The van der Waals surface area contributed by atoms with Gasteiger partial charge in [0.15, 0.2) is 0 Å². The highest BCUT2D eigenvalue weighted by molar-refractivity contribution is 6.30. The molecular formula is C17H28ClN3. The Morgan fingerprint density at radius 1 is 1.29 bits per heavy atom. The molecule has 21 heavy (non-hydrogen) atoms. The van der Waals surface area contributed by atoms with Crippen molar-refractivity contribution in [2.75, 3.05) is 33.2 Å². The third-order valence-electron chi connectivity index (χ3n) is 4.72. The van der Waals surface area contributed by atoms with Gasteiger partial charge >= 0.3 is 0 Å². The first-order chi connectivity index (χ1) is 10.1. The maximum absolute atomic E-state index is 6.29. The maximum atomic E-state index is 6.29. The molecule has 1 aromatic carbocycles. The predicted molar refractivity (Wildman–Crippen MR) is 90.8 cm³/mol. The van der Waals surface area contributed by atoms with Crippen LogP contribution in [0.25, 0.3) is 0 Å². The van der Waals surface area contributed by atoms with E-state index in [0.717, 1.165) is 18.0 Å². The van der Waals surface area contributed by atoms with Crippen molar-refractivity contribution < 1.29 is 0 Å². The van der Waals surface area contributed by atoms with Gasteiger partial charge in [-0.05, 0) is 70.2 Å². The average Bonchev–Trinajstić information content (AvgIpc) is 2.53. The van der Waals surface area contributed by atoms with E-state index in [9.17, 15) is 0 Å². The molecule has 1 fully saturated rings. The molecule has 0 amide bonds. The van der Waals surface area contributed by atoms with Gasteiger partial charge in [-0.1, -0.05) is 30.7 Å². The molecule has 0 bridgehead atoms. The fourth-order valence-electron chi connectivity index (χ4n) is 3.08.